The van der Waals surface area contributed by atoms with Gasteiger partial charge in [0.15, 0.2) is 5.13 Å². The van der Waals surface area contributed by atoms with Crippen molar-refractivity contribution < 1.29 is 18.7 Å². The van der Waals surface area contributed by atoms with E-state index < -0.39 is 5.82 Å². The van der Waals surface area contributed by atoms with Crippen LogP contribution in [0, 0.1) is 5.82 Å². The summed E-state index contributed by atoms with van der Waals surface area (Å²) in [5.74, 6) is -0.568. The van der Waals surface area contributed by atoms with Crippen LogP contribution >= 0.6 is 22.9 Å². The molecule has 9 heteroatoms. The second-order valence-corrected chi connectivity index (χ2v) is 7.04. The number of carbonyl (C=O) groups is 2. The molecule has 0 aliphatic rings. The minimum absolute atomic E-state index is 0.0841. The lowest BCUT2D eigenvalue weighted by Gasteiger charge is -2.07. The van der Waals surface area contributed by atoms with Crippen molar-refractivity contribution in [2.45, 2.75) is 13.3 Å². The molecule has 0 spiro atoms. The van der Waals surface area contributed by atoms with Crippen molar-refractivity contribution in [1.29, 1.82) is 0 Å². The summed E-state index contributed by atoms with van der Waals surface area (Å²) in [5, 5.41) is 6.01. The minimum atomic E-state index is -0.456. The molecule has 2 aromatic carbocycles. The maximum absolute atomic E-state index is 13.0. The van der Waals surface area contributed by atoms with E-state index in [1.807, 2.05) is 0 Å². The zero-order chi connectivity index (χ0) is 19.4. The second kappa shape index (κ2) is 8.32. The summed E-state index contributed by atoms with van der Waals surface area (Å²) in [6.07, 6.45) is 0.0841. The number of thiazole rings is 1. The van der Waals surface area contributed by atoms with Gasteiger partial charge in [-0.25, -0.2) is 9.37 Å². The Balaban J connectivity index is 1.56. The summed E-state index contributed by atoms with van der Waals surface area (Å²) in [5.41, 5.74) is 1.39. The molecule has 1 heterocycles. The molecule has 27 heavy (non-hydrogen) atoms. The van der Waals surface area contributed by atoms with Crippen LogP contribution in [0.2, 0.25) is 5.02 Å². The Kier molecular flexibility index (Phi) is 5.88. The highest BCUT2D eigenvalue weighted by Gasteiger charge is 2.10. The monoisotopic (exact) mass is 407 g/mol. The van der Waals surface area contributed by atoms with Crippen molar-refractivity contribution >= 4 is 55.8 Å². The smallest absolute Gasteiger partial charge is 0.229 e. The van der Waals surface area contributed by atoms with E-state index in [9.17, 15) is 14.0 Å². The molecule has 3 rings (SSSR count). The first kappa shape index (κ1) is 19.1. The fourth-order valence-electron chi connectivity index (χ4n) is 2.29. The van der Waals surface area contributed by atoms with Gasteiger partial charge < -0.3 is 15.4 Å². The number of hydrogen-bond donors (Lipinski definition) is 2. The maximum Gasteiger partial charge on any atom is 0.229 e. The fourth-order valence-corrected chi connectivity index (χ4v) is 3.43. The van der Waals surface area contributed by atoms with Crippen LogP contribution in [0.5, 0.6) is 5.75 Å². The first-order valence-electron chi connectivity index (χ1n) is 7.96. The van der Waals surface area contributed by atoms with Gasteiger partial charge in [-0.3, -0.25) is 9.59 Å². The minimum Gasteiger partial charge on any atom is -0.491 e. The molecule has 6 nitrogen and oxygen atoms in total. The predicted octanol–water partition coefficient (Wildman–Crippen LogP) is 4.45. The normalized spacial score (nSPS) is 10.6. The number of anilines is 2. The van der Waals surface area contributed by atoms with Crippen molar-refractivity contribution in [2.24, 2.45) is 0 Å². The van der Waals surface area contributed by atoms with E-state index in [0.717, 1.165) is 16.3 Å². The van der Waals surface area contributed by atoms with Gasteiger partial charge in [0.05, 0.1) is 28.3 Å². The van der Waals surface area contributed by atoms with Crippen molar-refractivity contribution in [3.05, 3.63) is 47.2 Å². The Hall–Kier alpha value is -2.71. The molecule has 0 saturated carbocycles. The Labute approximate surface area is 163 Å². The van der Waals surface area contributed by atoms with Crippen LogP contribution in [0.25, 0.3) is 10.2 Å². The number of nitrogens with one attached hydrogen (secondary N) is 2. The van der Waals surface area contributed by atoms with Gasteiger partial charge in [-0.1, -0.05) is 22.9 Å². The molecule has 0 saturated heterocycles. The Morgan fingerprint density at radius 2 is 2.04 bits per heavy atom. The number of benzene rings is 2. The van der Waals surface area contributed by atoms with Gasteiger partial charge in [0, 0.05) is 12.6 Å². The summed E-state index contributed by atoms with van der Waals surface area (Å²) >= 11 is 7.17. The summed E-state index contributed by atoms with van der Waals surface area (Å²) in [4.78, 5) is 27.5. The summed E-state index contributed by atoms with van der Waals surface area (Å²) < 4.78 is 19.2. The van der Waals surface area contributed by atoms with Crippen molar-refractivity contribution in [2.75, 3.05) is 17.2 Å². The van der Waals surface area contributed by atoms with E-state index in [2.05, 4.69) is 15.6 Å². The number of rotatable bonds is 6. The van der Waals surface area contributed by atoms with Gasteiger partial charge in [-0.05, 0) is 36.4 Å². The Bertz CT molecular complexity index is 1010. The molecular weight excluding hydrogens is 393 g/mol. The van der Waals surface area contributed by atoms with Gasteiger partial charge in [0.2, 0.25) is 11.8 Å². The molecule has 2 N–H and O–H groups in total. The van der Waals surface area contributed by atoms with E-state index in [1.54, 1.807) is 18.2 Å². The largest absolute Gasteiger partial charge is 0.491 e. The second-order valence-electron chi connectivity index (χ2n) is 5.60. The lowest BCUT2D eigenvalue weighted by molar-refractivity contribution is -0.116. The summed E-state index contributed by atoms with van der Waals surface area (Å²) in [6.45, 7) is 1.53. The first-order chi connectivity index (χ1) is 12.9. The lowest BCUT2D eigenvalue weighted by Crippen LogP contribution is -2.15. The molecule has 0 bridgehead atoms. The lowest BCUT2D eigenvalue weighted by atomic mass is 10.3. The number of amides is 2. The molecule has 0 aliphatic carbocycles. The number of aromatic nitrogens is 1. The maximum atomic E-state index is 13.0. The molecule has 0 radical (unpaired) electrons. The van der Waals surface area contributed by atoms with Crippen molar-refractivity contribution in [3.8, 4) is 5.75 Å². The number of hydrogen-bond acceptors (Lipinski definition) is 5. The molecule has 0 fully saturated rings. The topological polar surface area (TPSA) is 80.3 Å². The zero-order valence-corrected chi connectivity index (χ0v) is 15.8. The average molecular weight is 408 g/mol. The van der Waals surface area contributed by atoms with Crippen LogP contribution in [0.1, 0.15) is 13.3 Å². The van der Waals surface area contributed by atoms with E-state index in [0.29, 0.717) is 16.6 Å². The van der Waals surface area contributed by atoms with Crippen LogP contribution in [-0.4, -0.2) is 23.4 Å². The van der Waals surface area contributed by atoms with Crippen LogP contribution in [0.4, 0.5) is 15.2 Å². The number of fused-ring (bicyclic) bond motifs is 1. The molecule has 0 atom stereocenters. The fraction of sp³-hybridized carbons (Fsp3) is 0.167. The van der Waals surface area contributed by atoms with Crippen LogP contribution in [0.3, 0.4) is 0 Å². The number of carbonyl (C=O) groups excluding carboxylic acids is 2. The van der Waals surface area contributed by atoms with Crippen LogP contribution in [-0.2, 0) is 9.59 Å². The predicted molar refractivity (Wildman–Crippen MR) is 104 cm³/mol. The SMILES string of the molecule is CC(=O)Nc1ccc2nc(NC(=O)CCOc3ccc(F)cc3Cl)sc2c1. The third-order valence-electron chi connectivity index (χ3n) is 3.44. The molecule has 0 unspecified atom stereocenters. The van der Waals surface area contributed by atoms with Crippen molar-refractivity contribution in [1.82, 2.24) is 4.98 Å². The third kappa shape index (κ3) is 5.15. The quantitative estimate of drug-likeness (QED) is 0.632. The van der Waals surface area contributed by atoms with Crippen molar-refractivity contribution in [3.63, 3.8) is 0 Å². The van der Waals surface area contributed by atoms with Gasteiger partial charge in [0.25, 0.3) is 0 Å². The molecule has 0 aliphatic heterocycles. The third-order valence-corrected chi connectivity index (χ3v) is 4.66. The number of halogens is 2. The highest BCUT2D eigenvalue weighted by atomic mass is 35.5. The standard InChI is InChI=1S/C18H15ClFN3O3S/c1-10(24)21-12-3-4-14-16(9-12)27-18(22-14)23-17(25)6-7-26-15-5-2-11(20)8-13(15)19/h2-5,8-9H,6-7H2,1H3,(H,21,24)(H,22,23,25). The Morgan fingerprint density at radius 3 is 2.78 bits per heavy atom. The average Bonchev–Trinajstić information content (AvgIpc) is 2.97. The summed E-state index contributed by atoms with van der Waals surface area (Å²) in [7, 11) is 0. The van der Waals surface area contributed by atoms with E-state index in [1.165, 1.54) is 30.4 Å². The summed E-state index contributed by atoms with van der Waals surface area (Å²) in [6, 6.07) is 9.10. The highest BCUT2D eigenvalue weighted by Crippen LogP contribution is 2.29. The molecule has 140 valence electrons. The van der Waals surface area contributed by atoms with E-state index >= 15 is 0 Å². The van der Waals surface area contributed by atoms with Gasteiger partial charge >= 0.3 is 0 Å². The Morgan fingerprint density at radius 1 is 1.22 bits per heavy atom. The van der Waals surface area contributed by atoms with E-state index in [4.69, 9.17) is 16.3 Å². The number of nitrogens with zero attached hydrogens (tertiary/aromatic N) is 1. The van der Waals surface area contributed by atoms with Crippen LogP contribution < -0.4 is 15.4 Å². The highest BCUT2D eigenvalue weighted by molar-refractivity contribution is 7.22. The van der Waals surface area contributed by atoms with Gasteiger partial charge in [-0.2, -0.15) is 0 Å². The van der Waals surface area contributed by atoms with E-state index in [-0.39, 0.29) is 29.9 Å². The molecular formula is C18H15ClFN3O3S. The molecule has 2 amide bonds. The van der Waals surface area contributed by atoms with Gasteiger partial charge in [-0.15, -0.1) is 0 Å². The molecule has 1 aromatic heterocycles. The number of ether oxygens (including phenoxy) is 1. The molecule has 3 aromatic rings. The first-order valence-corrected chi connectivity index (χ1v) is 9.16. The van der Waals surface area contributed by atoms with Gasteiger partial charge in [0.1, 0.15) is 11.6 Å². The van der Waals surface area contributed by atoms with Crippen LogP contribution in [0.15, 0.2) is 36.4 Å². The zero-order valence-electron chi connectivity index (χ0n) is 14.2.